The molecule has 0 radical (unpaired) electrons. The van der Waals surface area contributed by atoms with E-state index in [0.717, 1.165) is 19.3 Å². The normalized spacial score (nSPS) is 10.2. The van der Waals surface area contributed by atoms with Crippen LogP contribution in [0.4, 0.5) is 0 Å². The van der Waals surface area contributed by atoms with Gasteiger partial charge in [-0.25, -0.2) is 4.79 Å². The van der Waals surface area contributed by atoms with Gasteiger partial charge in [0, 0.05) is 5.57 Å². The molecule has 22 heavy (non-hydrogen) atoms. The molecule has 2 nitrogen and oxygen atoms in total. The highest BCUT2D eigenvalue weighted by molar-refractivity contribution is 5.86. The van der Waals surface area contributed by atoms with Gasteiger partial charge in [-0.1, -0.05) is 61.2 Å². The van der Waals surface area contributed by atoms with E-state index >= 15 is 0 Å². The van der Waals surface area contributed by atoms with Gasteiger partial charge in [0.05, 0.1) is 6.61 Å². The Labute approximate surface area is 132 Å². The standard InChI is InChI=1S/C20H22O2/c1-16(2)20(21)22-15-7-6-8-17-11-13-19(14-12-17)18-9-4-3-5-10-18/h3-5,9-14H,1,6-8,15H2,2H3. The van der Waals surface area contributed by atoms with Crippen LogP contribution in [0.2, 0.25) is 0 Å². The Morgan fingerprint density at radius 2 is 1.59 bits per heavy atom. The van der Waals surface area contributed by atoms with Crippen molar-refractivity contribution >= 4 is 5.97 Å². The molecule has 0 spiro atoms. The van der Waals surface area contributed by atoms with Crippen LogP contribution in [0.25, 0.3) is 11.1 Å². The predicted octanol–water partition coefficient (Wildman–Crippen LogP) is 4.80. The molecule has 0 aromatic heterocycles. The van der Waals surface area contributed by atoms with Crippen LogP contribution in [-0.4, -0.2) is 12.6 Å². The van der Waals surface area contributed by atoms with E-state index in [1.165, 1.54) is 16.7 Å². The number of unbranched alkanes of at least 4 members (excludes halogenated alkanes) is 1. The molecule has 2 aromatic rings. The molecule has 0 bridgehead atoms. The third-order valence-corrected chi connectivity index (χ3v) is 3.50. The van der Waals surface area contributed by atoms with Gasteiger partial charge >= 0.3 is 5.97 Å². The molecule has 2 heteroatoms. The molecule has 2 aromatic carbocycles. The molecule has 0 saturated carbocycles. The Bertz CT molecular complexity index is 612. The van der Waals surface area contributed by atoms with Crippen LogP contribution in [0.1, 0.15) is 25.3 Å². The van der Waals surface area contributed by atoms with Gasteiger partial charge in [0.15, 0.2) is 0 Å². The van der Waals surface area contributed by atoms with Gasteiger partial charge in [0.1, 0.15) is 0 Å². The number of benzene rings is 2. The second-order valence-corrected chi connectivity index (χ2v) is 5.44. The van der Waals surface area contributed by atoms with E-state index in [1.54, 1.807) is 6.92 Å². The Kier molecular flexibility index (Phi) is 5.96. The maximum absolute atomic E-state index is 11.2. The third-order valence-electron chi connectivity index (χ3n) is 3.50. The van der Waals surface area contributed by atoms with Crippen molar-refractivity contribution in [3.8, 4) is 11.1 Å². The van der Waals surface area contributed by atoms with Crippen LogP contribution in [-0.2, 0) is 16.0 Å². The summed E-state index contributed by atoms with van der Waals surface area (Å²) in [5, 5.41) is 0. The maximum atomic E-state index is 11.2. The summed E-state index contributed by atoms with van der Waals surface area (Å²) in [5.41, 5.74) is 4.24. The number of hydrogen-bond acceptors (Lipinski definition) is 2. The predicted molar refractivity (Wildman–Crippen MR) is 90.6 cm³/mol. The summed E-state index contributed by atoms with van der Waals surface area (Å²) in [6, 6.07) is 19.0. The lowest BCUT2D eigenvalue weighted by Crippen LogP contribution is -2.06. The molecule has 0 aliphatic heterocycles. The largest absolute Gasteiger partial charge is 0.462 e. The highest BCUT2D eigenvalue weighted by Crippen LogP contribution is 2.19. The van der Waals surface area contributed by atoms with Gasteiger partial charge < -0.3 is 4.74 Å². The Hall–Kier alpha value is -2.35. The second-order valence-electron chi connectivity index (χ2n) is 5.44. The smallest absolute Gasteiger partial charge is 0.333 e. The highest BCUT2D eigenvalue weighted by Gasteiger charge is 2.02. The first-order valence-electron chi connectivity index (χ1n) is 7.64. The SMILES string of the molecule is C=C(C)C(=O)OCCCCc1ccc(-c2ccccc2)cc1. The molecule has 0 aliphatic rings. The fourth-order valence-corrected chi connectivity index (χ4v) is 2.21. The van der Waals surface area contributed by atoms with E-state index in [0.29, 0.717) is 12.2 Å². The van der Waals surface area contributed by atoms with Crippen LogP contribution < -0.4 is 0 Å². The number of rotatable bonds is 7. The zero-order chi connectivity index (χ0) is 15.8. The number of aryl methyl sites for hydroxylation is 1. The molecular formula is C20H22O2. The summed E-state index contributed by atoms with van der Waals surface area (Å²) < 4.78 is 5.08. The molecule has 0 amide bonds. The van der Waals surface area contributed by atoms with Crippen molar-refractivity contribution in [1.29, 1.82) is 0 Å². The second kappa shape index (κ2) is 8.18. The van der Waals surface area contributed by atoms with Crippen LogP contribution in [0, 0.1) is 0 Å². The van der Waals surface area contributed by atoms with Crippen LogP contribution >= 0.6 is 0 Å². The third kappa shape index (κ3) is 4.88. The summed E-state index contributed by atoms with van der Waals surface area (Å²) >= 11 is 0. The van der Waals surface area contributed by atoms with Gasteiger partial charge in [-0.2, -0.15) is 0 Å². The van der Waals surface area contributed by atoms with Crippen molar-refractivity contribution in [3.05, 3.63) is 72.3 Å². The lowest BCUT2D eigenvalue weighted by molar-refractivity contribution is -0.139. The van der Waals surface area contributed by atoms with Gasteiger partial charge in [0.2, 0.25) is 0 Å². The first kappa shape index (κ1) is 16.0. The van der Waals surface area contributed by atoms with Crippen molar-refractivity contribution in [2.24, 2.45) is 0 Å². The van der Waals surface area contributed by atoms with Gasteiger partial charge in [-0.05, 0) is 42.9 Å². The Morgan fingerprint density at radius 1 is 0.955 bits per heavy atom. The summed E-state index contributed by atoms with van der Waals surface area (Å²) in [4.78, 5) is 11.2. The fourth-order valence-electron chi connectivity index (χ4n) is 2.21. The fraction of sp³-hybridized carbons (Fsp3) is 0.250. The number of esters is 1. The van der Waals surface area contributed by atoms with Crippen molar-refractivity contribution < 1.29 is 9.53 Å². The first-order chi connectivity index (χ1) is 10.7. The zero-order valence-electron chi connectivity index (χ0n) is 13.0. The van der Waals surface area contributed by atoms with Crippen molar-refractivity contribution in [2.75, 3.05) is 6.61 Å². The average molecular weight is 294 g/mol. The van der Waals surface area contributed by atoms with E-state index in [9.17, 15) is 4.79 Å². The molecule has 0 fully saturated rings. The van der Waals surface area contributed by atoms with E-state index < -0.39 is 0 Å². The number of hydrogen-bond donors (Lipinski definition) is 0. The van der Waals surface area contributed by atoms with Crippen LogP contribution in [0.15, 0.2) is 66.7 Å². The van der Waals surface area contributed by atoms with E-state index in [1.807, 2.05) is 6.07 Å². The van der Waals surface area contributed by atoms with Gasteiger partial charge in [-0.3, -0.25) is 0 Å². The molecule has 114 valence electrons. The van der Waals surface area contributed by atoms with Gasteiger partial charge in [-0.15, -0.1) is 0 Å². The minimum atomic E-state index is -0.299. The maximum Gasteiger partial charge on any atom is 0.333 e. The summed E-state index contributed by atoms with van der Waals surface area (Å²) in [7, 11) is 0. The summed E-state index contributed by atoms with van der Waals surface area (Å²) in [6.07, 6.45) is 2.88. The quantitative estimate of drug-likeness (QED) is 0.417. The lowest BCUT2D eigenvalue weighted by atomic mass is 10.0. The molecule has 2 rings (SSSR count). The van der Waals surface area contributed by atoms with Crippen LogP contribution in [0.5, 0.6) is 0 Å². The van der Waals surface area contributed by atoms with Crippen molar-refractivity contribution in [1.82, 2.24) is 0 Å². The minimum Gasteiger partial charge on any atom is -0.462 e. The average Bonchev–Trinajstić information content (AvgIpc) is 2.55. The summed E-state index contributed by atoms with van der Waals surface area (Å²) in [6.45, 7) is 5.69. The first-order valence-corrected chi connectivity index (χ1v) is 7.64. The highest BCUT2D eigenvalue weighted by atomic mass is 16.5. The lowest BCUT2D eigenvalue weighted by Gasteiger charge is -2.06. The number of carbonyl (C=O) groups excluding carboxylic acids is 1. The monoisotopic (exact) mass is 294 g/mol. The van der Waals surface area contributed by atoms with Crippen LogP contribution in [0.3, 0.4) is 0 Å². The molecule has 0 heterocycles. The number of ether oxygens (including phenoxy) is 1. The molecule has 0 unspecified atom stereocenters. The molecule has 0 aliphatic carbocycles. The van der Waals surface area contributed by atoms with Crippen molar-refractivity contribution in [2.45, 2.75) is 26.2 Å². The Morgan fingerprint density at radius 3 is 2.23 bits per heavy atom. The number of carbonyl (C=O) groups is 1. The molecular weight excluding hydrogens is 272 g/mol. The molecule has 0 atom stereocenters. The minimum absolute atomic E-state index is 0.299. The topological polar surface area (TPSA) is 26.3 Å². The zero-order valence-corrected chi connectivity index (χ0v) is 13.0. The Balaban J connectivity index is 1.75. The van der Waals surface area contributed by atoms with E-state index in [4.69, 9.17) is 4.74 Å². The summed E-state index contributed by atoms with van der Waals surface area (Å²) in [5.74, 6) is -0.299. The van der Waals surface area contributed by atoms with Gasteiger partial charge in [0.25, 0.3) is 0 Å². The van der Waals surface area contributed by atoms with Crippen molar-refractivity contribution in [3.63, 3.8) is 0 Å². The van der Waals surface area contributed by atoms with E-state index in [-0.39, 0.29) is 5.97 Å². The molecule has 0 saturated heterocycles. The van der Waals surface area contributed by atoms with E-state index in [2.05, 4.69) is 55.1 Å². The molecule has 0 N–H and O–H groups in total.